The van der Waals surface area contributed by atoms with Gasteiger partial charge in [-0.05, 0) is 25.7 Å². The number of amides is 1. The molecule has 142 valence electrons. The van der Waals surface area contributed by atoms with Gasteiger partial charge >= 0.3 is 0 Å². The SMILES string of the molecule is CCC1CCCCN1c1cc(C(=O)N2CCC3(CC2)OCCO3)ncn1. The highest BCUT2D eigenvalue weighted by Gasteiger charge is 2.41. The van der Waals surface area contributed by atoms with Crippen LogP contribution >= 0.6 is 0 Å². The molecule has 26 heavy (non-hydrogen) atoms. The van der Waals surface area contributed by atoms with Gasteiger partial charge in [0.2, 0.25) is 0 Å². The number of rotatable bonds is 3. The molecule has 4 rings (SSSR count). The number of hydrogen-bond acceptors (Lipinski definition) is 6. The summed E-state index contributed by atoms with van der Waals surface area (Å²) < 4.78 is 11.5. The molecule has 1 unspecified atom stereocenters. The fraction of sp³-hybridized carbons (Fsp3) is 0.737. The number of nitrogens with zero attached hydrogens (tertiary/aromatic N) is 4. The molecule has 3 aliphatic rings. The molecule has 3 aliphatic heterocycles. The lowest BCUT2D eigenvalue weighted by Gasteiger charge is -2.38. The van der Waals surface area contributed by atoms with Gasteiger partial charge in [-0.2, -0.15) is 0 Å². The molecule has 1 spiro atoms. The van der Waals surface area contributed by atoms with Crippen molar-refractivity contribution in [2.75, 3.05) is 37.7 Å². The Labute approximate surface area is 154 Å². The second-order valence-electron chi connectivity index (χ2n) is 7.41. The maximum absolute atomic E-state index is 12.9. The molecule has 1 atom stereocenters. The molecular weight excluding hydrogens is 332 g/mol. The third kappa shape index (κ3) is 3.42. The van der Waals surface area contributed by atoms with E-state index >= 15 is 0 Å². The lowest BCUT2D eigenvalue weighted by atomic mass is 10.00. The van der Waals surface area contributed by atoms with Gasteiger partial charge < -0.3 is 19.3 Å². The van der Waals surface area contributed by atoms with Crippen LogP contribution in [0.5, 0.6) is 0 Å². The Bertz CT molecular complexity index is 637. The molecule has 0 bridgehead atoms. The van der Waals surface area contributed by atoms with Crippen LogP contribution in [0.4, 0.5) is 5.82 Å². The zero-order valence-corrected chi connectivity index (χ0v) is 15.5. The van der Waals surface area contributed by atoms with Crippen molar-refractivity contribution < 1.29 is 14.3 Å². The van der Waals surface area contributed by atoms with E-state index in [1.165, 1.54) is 25.6 Å². The standard InChI is InChI=1S/C19H28N4O3/c1-2-15-5-3-4-8-23(15)17-13-16(20-14-21-17)18(24)22-9-6-19(7-10-22)25-11-12-26-19/h13-15H,2-12H2,1H3. The van der Waals surface area contributed by atoms with Crippen LogP contribution in [0.15, 0.2) is 12.4 Å². The molecule has 1 amide bonds. The van der Waals surface area contributed by atoms with Gasteiger partial charge in [0, 0.05) is 44.6 Å². The highest BCUT2D eigenvalue weighted by molar-refractivity contribution is 5.93. The molecule has 7 heteroatoms. The Morgan fingerprint density at radius 1 is 1.19 bits per heavy atom. The van der Waals surface area contributed by atoms with Gasteiger partial charge in [0.25, 0.3) is 5.91 Å². The van der Waals surface area contributed by atoms with E-state index in [4.69, 9.17) is 9.47 Å². The molecule has 0 aromatic carbocycles. The van der Waals surface area contributed by atoms with E-state index in [-0.39, 0.29) is 5.91 Å². The lowest BCUT2D eigenvalue weighted by Crippen LogP contribution is -2.47. The van der Waals surface area contributed by atoms with Crippen LogP contribution < -0.4 is 4.90 Å². The van der Waals surface area contributed by atoms with Crippen molar-refractivity contribution in [2.45, 2.75) is 57.3 Å². The molecule has 0 N–H and O–H groups in total. The summed E-state index contributed by atoms with van der Waals surface area (Å²) in [5.41, 5.74) is 0.486. The van der Waals surface area contributed by atoms with Gasteiger partial charge in [-0.3, -0.25) is 4.79 Å². The highest BCUT2D eigenvalue weighted by Crippen LogP contribution is 2.32. The van der Waals surface area contributed by atoms with E-state index in [9.17, 15) is 4.79 Å². The van der Waals surface area contributed by atoms with Gasteiger partial charge in [0.15, 0.2) is 5.79 Å². The molecular formula is C19H28N4O3. The van der Waals surface area contributed by atoms with Crippen LogP contribution in [-0.2, 0) is 9.47 Å². The van der Waals surface area contributed by atoms with Crippen molar-refractivity contribution in [1.82, 2.24) is 14.9 Å². The maximum atomic E-state index is 12.9. The Hall–Kier alpha value is -1.73. The van der Waals surface area contributed by atoms with Gasteiger partial charge in [-0.1, -0.05) is 6.92 Å². The van der Waals surface area contributed by atoms with Crippen molar-refractivity contribution in [1.29, 1.82) is 0 Å². The predicted octanol–water partition coefficient (Wildman–Crippen LogP) is 2.22. The number of likely N-dealkylation sites (tertiary alicyclic amines) is 1. The van der Waals surface area contributed by atoms with E-state index in [1.807, 2.05) is 11.0 Å². The molecule has 4 heterocycles. The van der Waals surface area contributed by atoms with Gasteiger partial charge in [0.05, 0.1) is 13.2 Å². The minimum absolute atomic E-state index is 0.0217. The average molecular weight is 360 g/mol. The first-order valence-corrected chi connectivity index (χ1v) is 9.87. The first kappa shape index (κ1) is 17.7. The summed E-state index contributed by atoms with van der Waals surface area (Å²) in [4.78, 5) is 25.8. The second kappa shape index (κ2) is 7.48. The second-order valence-corrected chi connectivity index (χ2v) is 7.41. The number of carbonyl (C=O) groups excluding carboxylic acids is 1. The smallest absolute Gasteiger partial charge is 0.272 e. The van der Waals surface area contributed by atoms with Crippen LogP contribution in [0.25, 0.3) is 0 Å². The number of carbonyl (C=O) groups is 1. The summed E-state index contributed by atoms with van der Waals surface area (Å²) in [6, 6.07) is 2.37. The fourth-order valence-corrected chi connectivity index (χ4v) is 4.35. The van der Waals surface area contributed by atoms with Gasteiger partial charge in [-0.25, -0.2) is 9.97 Å². The summed E-state index contributed by atoms with van der Waals surface area (Å²) in [6.07, 6.45) is 7.71. The summed E-state index contributed by atoms with van der Waals surface area (Å²) in [7, 11) is 0. The third-order valence-corrected chi connectivity index (χ3v) is 5.89. The van der Waals surface area contributed by atoms with E-state index < -0.39 is 5.79 Å². The van der Waals surface area contributed by atoms with E-state index in [1.54, 1.807) is 0 Å². The van der Waals surface area contributed by atoms with Crippen molar-refractivity contribution in [2.24, 2.45) is 0 Å². The highest BCUT2D eigenvalue weighted by atomic mass is 16.7. The summed E-state index contributed by atoms with van der Waals surface area (Å²) in [5, 5.41) is 0. The van der Waals surface area contributed by atoms with Crippen molar-refractivity contribution in [3.05, 3.63) is 18.1 Å². The predicted molar refractivity (Wildman–Crippen MR) is 97.1 cm³/mol. The summed E-state index contributed by atoms with van der Waals surface area (Å²) in [6.45, 7) is 5.80. The monoisotopic (exact) mass is 360 g/mol. The minimum Gasteiger partial charge on any atom is -0.354 e. The van der Waals surface area contributed by atoms with Crippen LogP contribution in [0.3, 0.4) is 0 Å². The fourth-order valence-electron chi connectivity index (χ4n) is 4.35. The lowest BCUT2D eigenvalue weighted by molar-refractivity contribution is -0.181. The van der Waals surface area contributed by atoms with Gasteiger partial charge in [0.1, 0.15) is 17.8 Å². The van der Waals surface area contributed by atoms with E-state index in [0.29, 0.717) is 38.0 Å². The Balaban J connectivity index is 1.45. The largest absolute Gasteiger partial charge is 0.354 e. The molecule has 1 aromatic rings. The van der Waals surface area contributed by atoms with Crippen molar-refractivity contribution in [3.8, 4) is 0 Å². The zero-order valence-electron chi connectivity index (χ0n) is 15.5. The topological polar surface area (TPSA) is 67.8 Å². The molecule has 0 saturated carbocycles. The number of aromatic nitrogens is 2. The number of piperidine rings is 2. The molecule has 0 radical (unpaired) electrons. The summed E-state index contributed by atoms with van der Waals surface area (Å²) in [5.74, 6) is 0.396. The minimum atomic E-state index is -0.463. The van der Waals surface area contributed by atoms with Gasteiger partial charge in [-0.15, -0.1) is 0 Å². The molecule has 0 aliphatic carbocycles. The Morgan fingerprint density at radius 3 is 2.69 bits per heavy atom. The van der Waals surface area contributed by atoms with Crippen molar-refractivity contribution in [3.63, 3.8) is 0 Å². The maximum Gasteiger partial charge on any atom is 0.272 e. The van der Waals surface area contributed by atoms with E-state index in [0.717, 1.165) is 31.6 Å². The first-order chi connectivity index (χ1) is 12.7. The quantitative estimate of drug-likeness (QED) is 0.823. The van der Waals surface area contributed by atoms with E-state index in [2.05, 4.69) is 21.8 Å². The average Bonchev–Trinajstić information content (AvgIpc) is 3.16. The molecule has 3 saturated heterocycles. The third-order valence-electron chi connectivity index (χ3n) is 5.89. The normalized spacial score (nSPS) is 25.7. The van der Waals surface area contributed by atoms with Crippen molar-refractivity contribution >= 4 is 11.7 Å². The van der Waals surface area contributed by atoms with Crippen LogP contribution in [0.1, 0.15) is 55.9 Å². The Kier molecular flexibility index (Phi) is 5.09. The number of anilines is 1. The molecule has 1 aromatic heterocycles. The number of ether oxygens (including phenoxy) is 2. The zero-order chi connectivity index (χ0) is 18.0. The number of hydrogen-bond donors (Lipinski definition) is 0. The van der Waals surface area contributed by atoms with Crippen LogP contribution in [0.2, 0.25) is 0 Å². The molecule has 7 nitrogen and oxygen atoms in total. The Morgan fingerprint density at radius 2 is 1.96 bits per heavy atom. The van der Waals surface area contributed by atoms with Crippen LogP contribution in [-0.4, -0.2) is 65.5 Å². The summed E-state index contributed by atoms with van der Waals surface area (Å²) >= 11 is 0. The van der Waals surface area contributed by atoms with Crippen LogP contribution in [0, 0.1) is 0 Å². The molecule has 3 fully saturated rings. The first-order valence-electron chi connectivity index (χ1n) is 9.87.